The van der Waals surface area contributed by atoms with Gasteiger partial charge in [-0.3, -0.25) is 0 Å². The van der Waals surface area contributed by atoms with E-state index in [9.17, 15) is 5.21 Å². The van der Waals surface area contributed by atoms with Crippen molar-refractivity contribution in [3.63, 3.8) is 0 Å². The van der Waals surface area contributed by atoms with Crippen LogP contribution in [0.15, 0.2) is 42.9 Å². The molecule has 0 aliphatic carbocycles. The van der Waals surface area contributed by atoms with Gasteiger partial charge in [0.15, 0.2) is 5.75 Å². The topological polar surface area (TPSA) is 86.5 Å². The first kappa shape index (κ1) is 12.2. The molecule has 0 spiro atoms. The number of anilines is 3. The molecule has 3 aromatic rings. The number of hydrogen-bond donors (Lipinski definition) is 2. The molecule has 3 aromatic heterocycles. The van der Waals surface area contributed by atoms with Crippen molar-refractivity contribution in [1.29, 1.82) is 0 Å². The molecule has 0 atom stereocenters. The van der Waals surface area contributed by atoms with Gasteiger partial charge in [0.2, 0.25) is 0 Å². The second-order valence-electron chi connectivity index (χ2n) is 4.08. The third-order valence-electron chi connectivity index (χ3n) is 2.87. The highest BCUT2D eigenvalue weighted by atomic mass is 16.5. The van der Waals surface area contributed by atoms with Crippen LogP contribution in [0.1, 0.15) is 0 Å². The van der Waals surface area contributed by atoms with Crippen LogP contribution in [0.5, 0.6) is 5.75 Å². The Morgan fingerprint density at radius 3 is 2.95 bits per heavy atom. The Hall–Kier alpha value is -2.80. The summed E-state index contributed by atoms with van der Waals surface area (Å²) >= 11 is 0. The maximum absolute atomic E-state index is 10.7. The fraction of sp³-hybridized carbons (Fsp3) is 0.0769. The summed E-state index contributed by atoms with van der Waals surface area (Å²) in [6, 6.07) is 6.90. The van der Waals surface area contributed by atoms with Crippen molar-refractivity contribution in [2.75, 3.05) is 17.9 Å². The van der Waals surface area contributed by atoms with Crippen LogP contribution >= 0.6 is 0 Å². The highest BCUT2D eigenvalue weighted by molar-refractivity contribution is 5.76. The van der Waals surface area contributed by atoms with Crippen LogP contribution in [0, 0.1) is 5.21 Å². The van der Waals surface area contributed by atoms with E-state index in [-0.39, 0.29) is 0 Å². The molecular weight excluding hydrogens is 258 g/mol. The summed E-state index contributed by atoms with van der Waals surface area (Å²) in [5, 5.41) is 17.9. The number of aromatic nitrogens is 3. The van der Waals surface area contributed by atoms with Gasteiger partial charge < -0.3 is 20.7 Å². The molecule has 0 radical (unpaired) electrons. The summed E-state index contributed by atoms with van der Waals surface area (Å²) in [6.45, 7) is 0. The molecule has 2 N–H and O–H groups in total. The normalized spacial score (nSPS) is 10.5. The van der Waals surface area contributed by atoms with Crippen LogP contribution < -0.4 is 15.5 Å². The van der Waals surface area contributed by atoms with E-state index in [2.05, 4.69) is 15.4 Å². The third kappa shape index (κ3) is 2.10. The lowest BCUT2D eigenvalue weighted by Gasteiger charge is -2.14. The second-order valence-corrected chi connectivity index (χ2v) is 4.08. The second kappa shape index (κ2) is 5.06. The monoisotopic (exact) mass is 270 g/mol. The van der Waals surface area contributed by atoms with Gasteiger partial charge in [-0.2, -0.15) is 5.10 Å². The molecule has 7 nitrogen and oxygen atoms in total. The van der Waals surface area contributed by atoms with Crippen LogP contribution in [0.25, 0.3) is 5.52 Å². The van der Waals surface area contributed by atoms with Crippen LogP contribution in [0.3, 0.4) is 0 Å². The molecule has 0 aliphatic rings. The largest absolute Gasteiger partial charge is 0.761 e. The summed E-state index contributed by atoms with van der Waals surface area (Å²) in [4.78, 5) is 4.16. The van der Waals surface area contributed by atoms with Gasteiger partial charge in [0.1, 0.15) is 11.3 Å². The van der Waals surface area contributed by atoms with Crippen molar-refractivity contribution in [1.82, 2.24) is 14.6 Å². The van der Waals surface area contributed by atoms with Gasteiger partial charge in [-0.25, -0.2) is 9.50 Å². The summed E-state index contributed by atoms with van der Waals surface area (Å²) in [5.74, 6) is 1.21. The van der Waals surface area contributed by atoms with Crippen LogP contribution in [0.4, 0.5) is 17.2 Å². The zero-order valence-electron chi connectivity index (χ0n) is 10.7. The Balaban J connectivity index is 2.01. The highest BCUT2D eigenvalue weighted by Gasteiger charge is 2.09. The fourth-order valence-corrected chi connectivity index (χ4v) is 1.98. The molecule has 0 saturated carbocycles. The number of nitrogens with one attached hydrogen (secondary N) is 2. The SMILES string of the molecule is COc1c(Nc2cc(N[O-])ccn2)ccn2nccc12. The van der Waals surface area contributed by atoms with Crippen LogP contribution in [-0.4, -0.2) is 21.7 Å². The molecule has 0 aromatic carbocycles. The van der Waals surface area contributed by atoms with E-state index in [0.717, 1.165) is 11.2 Å². The van der Waals surface area contributed by atoms with Gasteiger partial charge in [0.25, 0.3) is 0 Å². The molecule has 7 heteroatoms. The fourth-order valence-electron chi connectivity index (χ4n) is 1.98. The molecule has 102 valence electrons. The highest BCUT2D eigenvalue weighted by Crippen LogP contribution is 2.31. The molecule has 0 fully saturated rings. The Bertz CT molecular complexity index is 740. The Morgan fingerprint density at radius 1 is 1.25 bits per heavy atom. The lowest BCUT2D eigenvalue weighted by molar-refractivity contribution is 0.419. The minimum atomic E-state index is 0.437. The van der Waals surface area contributed by atoms with Crippen molar-refractivity contribution in [2.45, 2.75) is 0 Å². The predicted molar refractivity (Wildman–Crippen MR) is 76.3 cm³/mol. The number of nitrogens with zero attached hydrogens (tertiary/aromatic N) is 3. The van der Waals surface area contributed by atoms with Gasteiger partial charge in [-0.1, -0.05) is 0 Å². The number of hydrogen-bond acceptors (Lipinski definition) is 6. The Morgan fingerprint density at radius 2 is 2.15 bits per heavy atom. The molecule has 0 amide bonds. The predicted octanol–water partition coefficient (Wildman–Crippen LogP) is 2.39. The smallest absolute Gasteiger partial charge is 0.168 e. The van der Waals surface area contributed by atoms with E-state index in [1.54, 1.807) is 36.2 Å². The zero-order valence-corrected chi connectivity index (χ0v) is 10.7. The van der Waals surface area contributed by atoms with Gasteiger partial charge >= 0.3 is 0 Å². The van der Waals surface area contributed by atoms with Crippen molar-refractivity contribution in [3.8, 4) is 5.75 Å². The van der Waals surface area contributed by atoms with Crippen molar-refractivity contribution >= 4 is 22.7 Å². The third-order valence-corrected chi connectivity index (χ3v) is 2.87. The van der Waals surface area contributed by atoms with Crippen LogP contribution in [-0.2, 0) is 0 Å². The van der Waals surface area contributed by atoms with E-state index in [4.69, 9.17) is 4.74 Å². The zero-order chi connectivity index (χ0) is 13.9. The standard InChI is InChI=1S/C13H12N5O2/c1-20-13-10(4-7-18-11(13)3-6-15-18)16-12-8-9(17-19)2-5-14-12/h2-8H,1H3,(H2-,14,16,17,19)/q-1. The lowest BCUT2D eigenvalue weighted by atomic mass is 10.3. The van der Waals surface area contributed by atoms with E-state index in [1.807, 2.05) is 23.8 Å². The average Bonchev–Trinajstić information content (AvgIpc) is 2.96. The Labute approximate surface area is 114 Å². The van der Waals surface area contributed by atoms with E-state index in [1.165, 1.54) is 0 Å². The number of pyridine rings is 2. The summed E-state index contributed by atoms with van der Waals surface area (Å²) in [6.07, 6.45) is 5.06. The summed E-state index contributed by atoms with van der Waals surface area (Å²) in [5.41, 5.74) is 3.86. The van der Waals surface area contributed by atoms with Gasteiger partial charge in [-0.15, -0.1) is 0 Å². The molecule has 3 heterocycles. The van der Waals surface area contributed by atoms with Crippen molar-refractivity contribution in [3.05, 3.63) is 48.1 Å². The molecule has 0 bridgehead atoms. The molecule has 3 rings (SSSR count). The van der Waals surface area contributed by atoms with Crippen LogP contribution in [0.2, 0.25) is 0 Å². The summed E-state index contributed by atoms with van der Waals surface area (Å²) < 4.78 is 7.13. The molecule has 0 saturated heterocycles. The van der Waals surface area contributed by atoms with Crippen molar-refractivity contribution in [2.24, 2.45) is 0 Å². The van der Waals surface area contributed by atoms with E-state index < -0.39 is 0 Å². The van der Waals surface area contributed by atoms with Gasteiger partial charge in [-0.05, 0) is 18.2 Å². The maximum atomic E-state index is 10.7. The average molecular weight is 270 g/mol. The minimum absolute atomic E-state index is 0.437. The lowest BCUT2D eigenvalue weighted by Crippen LogP contribution is -2.00. The molecule has 0 unspecified atom stereocenters. The summed E-state index contributed by atoms with van der Waals surface area (Å²) in [7, 11) is 1.59. The number of fused-ring (bicyclic) bond motifs is 1. The Kier molecular flexibility index (Phi) is 3.10. The minimum Gasteiger partial charge on any atom is -0.761 e. The number of ether oxygens (including phenoxy) is 1. The van der Waals surface area contributed by atoms with E-state index >= 15 is 0 Å². The number of methoxy groups -OCH3 is 1. The first-order valence-corrected chi connectivity index (χ1v) is 5.93. The quantitative estimate of drug-likeness (QED) is 0.708. The molecule has 20 heavy (non-hydrogen) atoms. The first-order chi connectivity index (χ1) is 9.81. The van der Waals surface area contributed by atoms with Gasteiger partial charge in [0.05, 0.1) is 19.0 Å². The van der Waals surface area contributed by atoms with Gasteiger partial charge in [0, 0.05) is 24.1 Å². The molecule has 0 aliphatic heterocycles. The van der Waals surface area contributed by atoms with E-state index in [0.29, 0.717) is 17.3 Å². The maximum Gasteiger partial charge on any atom is 0.168 e. The number of rotatable bonds is 4. The van der Waals surface area contributed by atoms with Crippen molar-refractivity contribution < 1.29 is 4.74 Å². The molecular formula is C13H12N5O2-. The first-order valence-electron chi connectivity index (χ1n) is 5.93.